The lowest BCUT2D eigenvalue weighted by Gasteiger charge is -2.40. The largest absolute Gasteiger partial charge is 0.340 e. The number of nitrogens with one attached hydrogen (secondary N) is 1. The third-order valence-corrected chi connectivity index (χ3v) is 4.77. The van der Waals surface area contributed by atoms with Crippen LogP contribution < -0.4 is 5.32 Å². The van der Waals surface area contributed by atoms with E-state index >= 15 is 0 Å². The number of hydrogen-bond donors (Lipinski definition) is 1. The predicted molar refractivity (Wildman–Crippen MR) is 80.7 cm³/mol. The van der Waals surface area contributed by atoms with Crippen molar-refractivity contribution in [3.05, 3.63) is 35.4 Å². The van der Waals surface area contributed by atoms with Crippen molar-refractivity contribution < 1.29 is 9.59 Å². The van der Waals surface area contributed by atoms with E-state index in [1.54, 1.807) is 4.90 Å². The lowest BCUT2D eigenvalue weighted by molar-refractivity contribution is -0.150. The minimum absolute atomic E-state index is 0.0335. The normalized spacial score (nSPS) is 25.9. The van der Waals surface area contributed by atoms with Crippen LogP contribution in [0.2, 0.25) is 0 Å². The second-order valence-corrected chi connectivity index (χ2v) is 6.43. The summed E-state index contributed by atoms with van der Waals surface area (Å²) in [5.74, 6) is 0.363. The van der Waals surface area contributed by atoms with E-state index < -0.39 is 5.54 Å². The van der Waals surface area contributed by atoms with Gasteiger partial charge in [-0.15, -0.1) is 0 Å². The zero-order chi connectivity index (χ0) is 15.0. The van der Waals surface area contributed by atoms with E-state index in [1.165, 1.54) is 11.1 Å². The molecule has 0 bridgehead atoms. The van der Waals surface area contributed by atoms with Gasteiger partial charge in [-0.05, 0) is 50.2 Å². The first kappa shape index (κ1) is 14.1. The van der Waals surface area contributed by atoms with Gasteiger partial charge in [0.05, 0.1) is 6.54 Å². The summed E-state index contributed by atoms with van der Waals surface area (Å²) >= 11 is 0. The second kappa shape index (κ2) is 5.17. The van der Waals surface area contributed by atoms with Crippen molar-refractivity contribution in [1.29, 1.82) is 0 Å². The first-order valence-corrected chi connectivity index (χ1v) is 7.65. The summed E-state index contributed by atoms with van der Waals surface area (Å²) in [6.07, 6.45) is 2.87. The van der Waals surface area contributed by atoms with Crippen LogP contribution in [-0.2, 0) is 16.0 Å². The minimum Gasteiger partial charge on any atom is -0.340 e. The first-order valence-electron chi connectivity index (χ1n) is 7.65. The maximum Gasteiger partial charge on any atom is 0.248 e. The summed E-state index contributed by atoms with van der Waals surface area (Å²) in [6.45, 7) is 4.76. The van der Waals surface area contributed by atoms with Crippen LogP contribution in [0, 0.1) is 12.8 Å². The van der Waals surface area contributed by atoms with Gasteiger partial charge in [-0.1, -0.05) is 24.3 Å². The fourth-order valence-electron chi connectivity index (χ4n) is 3.22. The van der Waals surface area contributed by atoms with Gasteiger partial charge in [0.25, 0.3) is 0 Å². The molecule has 1 N–H and O–H groups in total. The van der Waals surface area contributed by atoms with Crippen LogP contribution in [0.3, 0.4) is 0 Å². The molecular formula is C17H22N2O2. The van der Waals surface area contributed by atoms with E-state index in [0.29, 0.717) is 12.5 Å². The molecule has 1 atom stereocenters. The minimum atomic E-state index is -0.679. The molecule has 1 aliphatic carbocycles. The number of benzene rings is 1. The number of carbonyl (C=O) groups is 2. The molecule has 1 unspecified atom stereocenters. The average molecular weight is 286 g/mol. The summed E-state index contributed by atoms with van der Waals surface area (Å²) in [5, 5.41) is 2.91. The molecule has 1 aromatic rings. The van der Waals surface area contributed by atoms with Crippen molar-refractivity contribution in [3.8, 4) is 0 Å². The molecule has 0 spiro atoms. The van der Waals surface area contributed by atoms with Crippen molar-refractivity contribution in [1.82, 2.24) is 10.2 Å². The van der Waals surface area contributed by atoms with Crippen molar-refractivity contribution in [2.45, 2.75) is 38.6 Å². The maximum absolute atomic E-state index is 12.7. The molecule has 1 saturated carbocycles. The molecule has 0 radical (unpaired) electrons. The van der Waals surface area contributed by atoms with E-state index in [0.717, 1.165) is 19.3 Å². The van der Waals surface area contributed by atoms with E-state index in [-0.39, 0.29) is 18.4 Å². The Hall–Kier alpha value is -1.84. The van der Waals surface area contributed by atoms with Crippen molar-refractivity contribution >= 4 is 11.8 Å². The number of piperazine rings is 1. The SMILES string of the molecule is Cc1ccccc1CCN1CC(=O)NC(C)(C2CC2)C1=O. The van der Waals surface area contributed by atoms with Gasteiger partial charge in [0.1, 0.15) is 5.54 Å². The third-order valence-electron chi connectivity index (χ3n) is 4.77. The van der Waals surface area contributed by atoms with Crippen LogP contribution in [0.4, 0.5) is 0 Å². The van der Waals surface area contributed by atoms with Crippen LogP contribution in [0.5, 0.6) is 0 Å². The van der Waals surface area contributed by atoms with Crippen molar-refractivity contribution in [3.63, 3.8) is 0 Å². The molecule has 1 aromatic carbocycles. The Kier molecular flexibility index (Phi) is 3.47. The van der Waals surface area contributed by atoms with E-state index in [1.807, 2.05) is 19.1 Å². The molecule has 112 valence electrons. The highest BCUT2D eigenvalue weighted by Crippen LogP contribution is 2.41. The molecular weight excluding hydrogens is 264 g/mol. The predicted octanol–water partition coefficient (Wildman–Crippen LogP) is 1.66. The van der Waals surface area contributed by atoms with E-state index in [9.17, 15) is 9.59 Å². The molecule has 2 amide bonds. The van der Waals surface area contributed by atoms with Crippen LogP contribution in [0.25, 0.3) is 0 Å². The standard InChI is InChI=1S/C17H22N2O2/c1-12-5-3-4-6-13(12)9-10-19-11-15(20)18-17(2,16(19)21)14-7-8-14/h3-6,14H,7-11H2,1-2H3,(H,18,20). The molecule has 1 heterocycles. The Labute approximate surface area is 125 Å². The smallest absolute Gasteiger partial charge is 0.248 e. The highest BCUT2D eigenvalue weighted by atomic mass is 16.2. The van der Waals surface area contributed by atoms with Crippen molar-refractivity contribution in [2.24, 2.45) is 5.92 Å². The van der Waals surface area contributed by atoms with Gasteiger partial charge in [-0.3, -0.25) is 9.59 Å². The van der Waals surface area contributed by atoms with E-state index in [2.05, 4.69) is 24.4 Å². The molecule has 2 fully saturated rings. The molecule has 1 saturated heterocycles. The molecule has 4 nitrogen and oxygen atoms in total. The number of carbonyl (C=O) groups excluding carboxylic acids is 2. The van der Waals surface area contributed by atoms with Crippen LogP contribution in [-0.4, -0.2) is 35.3 Å². The number of rotatable bonds is 4. The number of aryl methyl sites for hydroxylation is 1. The number of hydrogen-bond acceptors (Lipinski definition) is 2. The van der Waals surface area contributed by atoms with Gasteiger partial charge < -0.3 is 10.2 Å². The molecule has 0 aromatic heterocycles. The molecule has 2 aliphatic rings. The van der Waals surface area contributed by atoms with Gasteiger partial charge in [-0.25, -0.2) is 0 Å². The fraction of sp³-hybridized carbons (Fsp3) is 0.529. The van der Waals surface area contributed by atoms with Crippen LogP contribution in [0.1, 0.15) is 30.9 Å². The molecule has 3 rings (SSSR count). The van der Waals surface area contributed by atoms with Gasteiger partial charge in [0.2, 0.25) is 11.8 Å². The van der Waals surface area contributed by atoms with E-state index in [4.69, 9.17) is 0 Å². The topological polar surface area (TPSA) is 49.4 Å². The fourth-order valence-corrected chi connectivity index (χ4v) is 3.22. The maximum atomic E-state index is 12.7. The summed E-state index contributed by atoms with van der Waals surface area (Å²) < 4.78 is 0. The molecule has 4 heteroatoms. The molecule has 1 aliphatic heterocycles. The summed E-state index contributed by atoms with van der Waals surface area (Å²) in [6, 6.07) is 8.20. The molecule has 21 heavy (non-hydrogen) atoms. The van der Waals surface area contributed by atoms with Crippen LogP contribution in [0.15, 0.2) is 24.3 Å². The zero-order valence-corrected chi connectivity index (χ0v) is 12.7. The summed E-state index contributed by atoms with van der Waals surface area (Å²) in [7, 11) is 0. The first-order chi connectivity index (χ1) is 10.0. The average Bonchev–Trinajstić information content (AvgIpc) is 3.27. The Balaban J connectivity index is 1.71. The highest BCUT2D eigenvalue weighted by molar-refractivity contribution is 5.98. The second-order valence-electron chi connectivity index (χ2n) is 6.43. The number of nitrogens with zero attached hydrogens (tertiary/aromatic N) is 1. The Morgan fingerprint density at radius 2 is 2.00 bits per heavy atom. The Bertz CT molecular complexity index is 580. The van der Waals surface area contributed by atoms with Crippen LogP contribution >= 0.6 is 0 Å². The summed E-state index contributed by atoms with van der Waals surface area (Å²) in [4.78, 5) is 26.4. The summed E-state index contributed by atoms with van der Waals surface area (Å²) in [5.41, 5.74) is 1.79. The zero-order valence-electron chi connectivity index (χ0n) is 12.7. The lowest BCUT2D eigenvalue weighted by atomic mass is 9.91. The van der Waals surface area contributed by atoms with Gasteiger partial charge in [0.15, 0.2) is 0 Å². The van der Waals surface area contributed by atoms with Gasteiger partial charge in [0, 0.05) is 6.54 Å². The highest BCUT2D eigenvalue weighted by Gasteiger charge is 2.52. The quantitative estimate of drug-likeness (QED) is 0.915. The number of amides is 2. The monoisotopic (exact) mass is 286 g/mol. The van der Waals surface area contributed by atoms with Crippen molar-refractivity contribution in [2.75, 3.05) is 13.1 Å². The Morgan fingerprint density at radius 1 is 1.29 bits per heavy atom. The van der Waals surface area contributed by atoms with Gasteiger partial charge >= 0.3 is 0 Å². The van der Waals surface area contributed by atoms with Gasteiger partial charge in [-0.2, -0.15) is 0 Å². The Morgan fingerprint density at radius 3 is 2.67 bits per heavy atom. The lowest BCUT2D eigenvalue weighted by Crippen LogP contribution is -2.66. The third kappa shape index (κ3) is 2.67.